The van der Waals surface area contributed by atoms with Gasteiger partial charge in [0.25, 0.3) is 5.91 Å². The smallest absolute Gasteiger partial charge is 0.336 e. The van der Waals surface area contributed by atoms with Crippen molar-refractivity contribution in [1.29, 1.82) is 0 Å². The van der Waals surface area contributed by atoms with Gasteiger partial charge in [-0.15, -0.1) is 0 Å². The largest absolute Gasteiger partial charge is 0.433 e. The van der Waals surface area contributed by atoms with Gasteiger partial charge in [-0.2, -0.15) is 13.2 Å². The van der Waals surface area contributed by atoms with Crippen LogP contribution < -0.4 is 0 Å². The molecule has 0 atom stereocenters. The van der Waals surface area contributed by atoms with Crippen molar-refractivity contribution in [2.45, 2.75) is 52.8 Å². The third-order valence-corrected chi connectivity index (χ3v) is 3.24. The molecule has 0 saturated carbocycles. The third kappa shape index (κ3) is 4.44. The van der Waals surface area contributed by atoms with Crippen LogP contribution in [0, 0.1) is 6.92 Å². The molecule has 6 heteroatoms. The molecule has 1 aromatic heterocycles. The molecule has 0 bridgehead atoms. The molecular weight excluding hydrogens is 281 g/mol. The van der Waals surface area contributed by atoms with Crippen LogP contribution in [0.25, 0.3) is 0 Å². The highest BCUT2D eigenvalue weighted by Crippen LogP contribution is 2.28. The van der Waals surface area contributed by atoms with E-state index in [1.54, 1.807) is 4.90 Å². The normalized spacial score (nSPS) is 11.8. The number of carbonyl (C=O) groups excluding carboxylic acids is 1. The molecule has 0 saturated heterocycles. The molecule has 0 spiro atoms. The van der Waals surface area contributed by atoms with E-state index in [0.29, 0.717) is 6.54 Å². The van der Waals surface area contributed by atoms with Crippen LogP contribution in [0.4, 0.5) is 13.2 Å². The van der Waals surface area contributed by atoms with Crippen LogP contribution in [-0.4, -0.2) is 28.4 Å². The Morgan fingerprint density at radius 1 is 1.33 bits per heavy atom. The number of nitrogens with zero attached hydrogens (tertiary/aromatic N) is 2. The van der Waals surface area contributed by atoms with E-state index >= 15 is 0 Å². The van der Waals surface area contributed by atoms with E-state index in [1.807, 2.05) is 20.8 Å². The van der Waals surface area contributed by atoms with E-state index < -0.39 is 11.9 Å². The zero-order valence-corrected chi connectivity index (χ0v) is 12.8. The van der Waals surface area contributed by atoms with Gasteiger partial charge in [-0.1, -0.05) is 13.3 Å². The number of alkyl halides is 3. The Morgan fingerprint density at radius 3 is 2.38 bits per heavy atom. The molecule has 0 fully saturated rings. The first-order valence-electron chi connectivity index (χ1n) is 7.04. The molecule has 118 valence electrons. The van der Waals surface area contributed by atoms with Crippen molar-refractivity contribution < 1.29 is 18.0 Å². The van der Waals surface area contributed by atoms with E-state index in [1.165, 1.54) is 13.0 Å². The van der Waals surface area contributed by atoms with Gasteiger partial charge in [0.15, 0.2) is 0 Å². The van der Waals surface area contributed by atoms with Crippen molar-refractivity contribution in [2.24, 2.45) is 0 Å². The number of carbonyl (C=O) groups is 1. The molecule has 1 amide bonds. The van der Waals surface area contributed by atoms with Crippen molar-refractivity contribution >= 4 is 5.91 Å². The molecule has 0 radical (unpaired) electrons. The second kappa shape index (κ2) is 6.91. The third-order valence-electron chi connectivity index (χ3n) is 3.24. The van der Waals surface area contributed by atoms with Gasteiger partial charge in [-0.05, 0) is 39.3 Å². The van der Waals surface area contributed by atoms with E-state index in [-0.39, 0.29) is 23.2 Å². The summed E-state index contributed by atoms with van der Waals surface area (Å²) in [6.07, 6.45) is -2.69. The summed E-state index contributed by atoms with van der Waals surface area (Å²) in [7, 11) is 0. The highest BCUT2D eigenvalue weighted by Gasteiger charge is 2.33. The lowest BCUT2D eigenvalue weighted by Crippen LogP contribution is -2.38. The summed E-state index contributed by atoms with van der Waals surface area (Å²) in [4.78, 5) is 17.7. The average molecular weight is 302 g/mol. The lowest BCUT2D eigenvalue weighted by atomic mass is 10.1. The number of pyridine rings is 1. The van der Waals surface area contributed by atoms with E-state index in [4.69, 9.17) is 0 Å². The van der Waals surface area contributed by atoms with Crippen molar-refractivity contribution in [2.75, 3.05) is 6.54 Å². The Labute approximate surface area is 123 Å². The van der Waals surface area contributed by atoms with E-state index in [0.717, 1.165) is 18.9 Å². The number of hydrogen-bond donors (Lipinski definition) is 0. The van der Waals surface area contributed by atoms with Crippen LogP contribution in [0.2, 0.25) is 0 Å². The van der Waals surface area contributed by atoms with Crippen LogP contribution in [0.5, 0.6) is 0 Å². The second-order valence-corrected chi connectivity index (χ2v) is 5.27. The van der Waals surface area contributed by atoms with E-state index in [2.05, 4.69) is 4.98 Å². The highest BCUT2D eigenvalue weighted by molar-refractivity contribution is 5.95. The molecule has 0 aliphatic carbocycles. The van der Waals surface area contributed by atoms with Crippen molar-refractivity contribution in [3.8, 4) is 0 Å². The number of amides is 1. The van der Waals surface area contributed by atoms with Crippen LogP contribution in [0.1, 0.15) is 55.4 Å². The second-order valence-electron chi connectivity index (χ2n) is 5.27. The Bertz CT molecular complexity index is 498. The number of aryl methyl sites for hydroxylation is 1. The van der Waals surface area contributed by atoms with Crippen LogP contribution >= 0.6 is 0 Å². The minimum Gasteiger partial charge on any atom is -0.336 e. The van der Waals surface area contributed by atoms with Gasteiger partial charge in [0, 0.05) is 12.6 Å². The molecular formula is C15H21F3N2O. The monoisotopic (exact) mass is 302 g/mol. The van der Waals surface area contributed by atoms with Crippen LogP contribution in [0.15, 0.2) is 12.1 Å². The molecule has 0 aliphatic rings. The number of hydrogen-bond acceptors (Lipinski definition) is 2. The first-order valence-corrected chi connectivity index (χ1v) is 7.04. The number of unbranched alkanes of at least 4 members (excludes halogenated alkanes) is 1. The number of halogens is 3. The standard InChI is InChI=1S/C15H21F3N2O/c1-5-6-9-20(10(2)3)14(21)12-7-8-13(15(16,17)18)19-11(12)4/h7-8,10H,5-6,9H2,1-4H3. The molecule has 0 aliphatic heterocycles. The quantitative estimate of drug-likeness (QED) is 0.822. The minimum absolute atomic E-state index is 0.00857. The van der Waals surface area contributed by atoms with Gasteiger partial charge in [0.05, 0.1) is 11.3 Å². The summed E-state index contributed by atoms with van der Waals surface area (Å²) in [5.41, 5.74) is -0.633. The lowest BCUT2D eigenvalue weighted by Gasteiger charge is -2.27. The molecule has 1 heterocycles. The molecule has 0 aromatic carbocycles. The van der Waals surface area contributed by atoms with Crippen LogP contribution in [0.3, 0.4) is 0 Å². The van der Waals surface area contributed by atoms with Crippen molar-refractivity contribution in [3.05, 3.63) is 29.1 Å². The highest BCUT2D eigenvalue weighted by atomic mass is 19.4. The van der Waals surface area contributed by atoms with Gasteiger partial charge in [-0.25, -0.2) is 4.98 Å². The maximum absolute atomic E-state index is 12.6. The average Bonchev–Trinajstić information content (AvgIpc) is 2.37. The number of aromatic nitrogens is 1. The summed E-state index contributed by atoms with van der Waals surface area (Å²) < 4.78 is 37.8. The van der Waals surface area contributed by atoms with Gasteiger partial charge in [0.1, 0.15) is 5.69 Å². The topological polar surface area (TPSA) is 33.2 Å². The van der Waals surface area contributed by atoms with Gasteiger partial charge in [0.2, 0.25) is 0 Å². The SMILES string of the molecule is CCCCN(C(=O)c1ccc(C(F)(F)F)nc1C)C(C)C. The molecule has 0 unspecified atom stereocenters. The Hall–Kier alpha value is -1.59. The molecule has 1 aromatic rings. The predicted molar refractivity (Wildman–Crippen MR) is 75.1 cm³/mol. The molecule has 0 N–H and O–H groups in total. The zero-order chi connectivity index (χ0) is 16.2. The molecule has 3 nitrogen and oxygen atoms in total. The van der Waals surface area contributed by atoms with E-state index in [9.17, 15) is 18.0 Å². The minimum atomic E-state index is -4.49. The van der Waals surface area contributed by atoms with Crippen molar-refractivity contribution in [1.82, 2.24) is 9.88 Å². The first-order chi connectivity index (χ1) is 9.68. The fourth-order valence-electron chi connectivity index (χ4n) is 2.02. The van der Waals surface area contributed by atoms with Gasteiger partial charge < -0.3 is 4.90 Å². The van der Waals surface area contributed by atoms with Crippen LogP contribution in [-0.2, 0) is 6.18 Å². The summed E-state index contributed by atoms with van der Waals surface area (Å²) in [5.74, 6) is -0.267. The fraction of sp³-hybridized carbons (Fsp3) is 0.600. The molecule has 1 rings (SSSR count). The fourth-order valence-corrected chi connectivity index (χ4v) is 2.02. The number of rotatable bonds is 5. The van der Waals surface area contributed by atoms with Crippen molar-refractivity contribution in [3.63, 3.8) is 0 Å². The Morgan fingerprint density at radius 2 is 1.95 bits per heavy atom. The first kappa shape index (κ1) is 17.5. The summed E-state index contributed by atoms with van der Waals surface area (Å²) in [6.45, 7) is 7.82. The van der Waals surface area contributed by atoms with Gasteiger partial charge in [-0.3, -0.25) is 4.79 Å². The zero-order valence-electron chi connectivity index (χ0n) is 12.8. The summed E-state index contributed by atoms with van der Waals surface area (Å²) in [6, 6.07) is 2.07. The maximum Gasteiger partial charge on any atom is 0.433 e. The Balaban J connectivity index is 3.06. The summed E-state index contributed by atoms with van der Waals surface area (Å²) >= 11 is 0. The predicted octanol–water partition coefficient (Wildman–Crippen LogP) is 4.06. The van der Waals surface area contributed by atoms with Gasteiger partial charge >= 0.3 is 6.18 Å². The maximum atomic E-state index is 12.6. The molecule has 21 heavy (non-hydrogen) atoms. The Kier molecular flexibility index (Phi) is 5.75. The summed E-state index contributed by atoms with van der Waals surface area (Å²) in [5, 5.41) is 0. The lowest BCUT2D eigenvalue weighted by molar-refractivity contribution is -0.141.